The zero-order valence-electron chi connectivity index (χ0n) is 17.4. The number of aryl methyl sites for hydroxylation is 2. The molecule has 2 aromatic rings. The average Bonchev–Trinajstić information content (AvgIpc) is 2.70. The number of halogens is 1. The lowest BCUT2D eigenvalue weighted by Crippen LogP contribution is -2.41. The summed E-state index contributed by atoms with van der Waals surface area (Å²) in [6.45, 7) is 1.56. The molecular weight excluding hydrogens is 424 g/mol. The Bertz CT molecular complexity index is 1040. The molecule has 0 radical (unpaired) electrons. The van der Waals surface area contributed by atoms with Gasteiger partial charge in [-0.1, -0.05) is 29.8 Å². The number of benzene rings is 2. The fourth-order valence-electron chi connectivity index (χ4n) is 3.73. The number of hydrogen-bond donors (Lipinski definition) is 1. The van der Waals surface area contributed by atoms with Crippen molar-refractivity contribution >= 4 is 33.2 Å². The lowest BCUT2D eigenvalue weighted by molar-refractivity contribution is -0.120. The summed E-state index contributed by atoms with van der Waals surface area (Å²) in [5.41, 5.74) is 4.04. The van der Waals surface area contributed by atoms with Gasteiger partial charge in [-0.05, 0) is 67.5 Å². The summed E-state index contributed by atoms with van der Waals surface area (Å²) >= 11 is 6.14. The smallest absolute Gasteiger partial charge is 0.241 e. The summed E-state index contributed by atoms with van der Waals surface area (Å²) in [6.07, 6.45) is 5.62. The van der Waals surface area contributed by atoms with E-state index in [2.05, 4.69) is 17.4 Å². The van der Waals surface area contributed by atoms with E-state index in [1.165, 1.54) is 37.1 Å². The third kappa shape index (κ3) is 5.26. The van der Waals surface area contributed by atoms with Crippen LogP contribution in [0, 0.1) is 0 Å². The quantitative estimate of drug-likeness (QED) is 0.694. The van der Waals surface area contributed by atoms with Gasteiger partial charge in [-0.2, -0.15) is 0 Å². The van der Waals surface area contributed by atoms with Crippen molar-refractivity contribution in [1.82, 2.24) is 5.32 Å². The van der Waals surface area contributed by atoms with Crippen LogP contribution in [-0.4, -0.2) is 34.2 Å². The second-order valence-electron chi connectivity index (χ2n) is 7.61. The van der Waals surface area contributed by atoms with Gasteiger partial charge in [0, 0.05) is 0 Å². The Morgan fingerprint density at radius 2 is 1.87 bits per heavy atom. The van der Waals surface area contributed by atoms with Crippen LogP contribution in [0.1, 0.15) is 42.5 Å². The van der Waals surface area contributed by atoms with Crippen LogP contribution >= 0.6 is 11.6 Å². The van der Waals surface area contributed by atoms with Crippen LogP contribution in [0.15, 0.2) is 36.4 Å². The Morgan fingerprint density at radius 1 is 1.17 bits per heavy atom. The molecule has 1 amide bonds. The highest BCUT2D eigenvalue weighted by Crippen LogP contribution is 2.30. The summed E-state index contributed by atoms with van der Waals surface area (Å²) in [5, 5.41) is 3.18. The number of nitrogens with one attached hydrogen (secondary N) is 1. The summed E-state index contributed by atoms with van der Waals surface area (Å²) in [6, 6.07) is 10.7. The number of amides is 1. The third-order valence-corrected chi connectivity index (χ3v) is 6.80. The number of sulfonamides is 1. The molecule has 3 rings (SSSR count). The normalized spacial score (nSPS) is 14.5. The van der Waals surface area contributed by atoms with Crippen LogP contribution in [0.5, 0.6) is 5.75 Å². The van der Waals surface area contributed by atoms with Crippen LogP contribution in [0.25, 0.3) is 0 Å². The topological polar surface area (TPSA) is 75.7 Å². The van der Waals surface area contributed by atoms with Crippen LogP contribution in [0.3, 0.4) is 0 Å². The van der Waals surface area contributed by atoms with E-state index in [-0.39, 0.29) is 17.6 Å². The van der Waals surface area contributed by atoms with Crippen LogP contribution in [-0.2, 0) is 27.7 Å². The molecule has 0 aliphatic heterocycles. The van der Waals surface area contributed by atoms with E-state index in [4.69, 9.17) is 16.3 Å². The number of carbonyl (C=O) groups is 1. The molecule has 8 heteroatoms. The fraction of sp³-hybridized carbons (Fsp3) is 0.409. The first-order valence-electron chi connectivity index (χ1n) is 9.91. The van der Waals surface area contributed by atoms with Gasteiger partial charge >= 0.3 is 0 Å². The van der Waals surface area contributed by atoms with Crippen molar-refractivity contribution in [2.75, 3.05) is 24.2 Å². The molecule has 162 valence electrons. The van der Waals surface area contributed by atoms with Crippen molar-refractivity contribution in [2.45, 2.75) is 38.6 Å². The standard InChI is InChI=1S/C22H27ClN2O4S/c1-15(17-9-8-16-6-4-5-7-18(16)12-17)24-22(26)14-25(30(3,27)28)19-10-11-21(29-2)20(23)13-19/h8-13,15H,4-7,14H2,1-3H3,(H,24,26)/t15-/m1/s1. The number of methoxy groups -OCH3 is 1. The minimum atomic E-state index is -3.69. The summed E-state index contributed by atoms with van der Waals surface area (Å²) in [4.78, 5) is 12.7. The monoisotopic (exact) mass is 450 g/mol. The van der Waals surface area contributed by atoms with Gasteiger partial charge in [0.15, 0.2) is 0 Å². The number of ether oxygens (including phenoxy) is 1. The van der Waals surface area contributed by atoms with Crippen molar-refractivity contribution < 1.29 is 17.9 Å². The van der Waals surface area contributed by atoms with E-state index >= 15 is 0 Å². The zero-order chi connectivity index (χ0) is 21.9. The molecule has 1 aliphatic carbocycles. The highest BCUT2D eigenvalue weighted by atomic mass is 35.5. The van der Waals surface area contributed by atoms with Gasteiger partial charge in [0.25, 0.3) is 0 Å². The molecule has 0 spiro atoms. The van der Waals surface area contributed by atoms with Crippen molar-refractivity contribution in [1.29, 1.82) is 0 Å². The highest BCUT2D eigenvalue weighted by Gasteiger charge is 2.23. The molecule has 6 nitrogen and oxygen atoms in total. The lowest BCUT2D eigenvalue weighted by atomic mass is 9.89. The summed E-state index contributed by atoms with van der Waals surface area (Å²) in [5.74, 6) is 0.0388. The second-order valence-corrected chi connectivity index (χ2v) is 9.93. The number of fused-ring (bicyclic) bond motifs is 1. The maximum Gasteiger partial charge on any atom is 0.241 e. The molecule has 0 bridgehead atoms. The van der Waals surface area contributed by atoms with Gasteiger partial charge in [0.2, 0.25) is 15.9 Å². The van der Waals surface area contributed by atoms with Gasteiger partial charge in [-0.3, -0.25) is 9.10 Å². The van der Waals surface area contributed by atoms with E-state index in [0.717, 1.165) is 29.0 Å². The average molecular weight is 451 g/mol. The SMILES string of the molecule is COc1ccc(N(CC(=O)N[C@H](C)c2ccc3c(c2)CCCC3)S(C)(=O)=O)cc1Cl. The molecule has 0 aromatic heterocycles. The van der Waals surface area contributed by atoms with E-state index < -0.39 is 15.9 Å². The van der Waals surface area contributed by atoms with E-state index in [1.54, 1.807) is 12.1 Å². The number of hydrogen-bond acceptors (Lipinski definition) is 4. The Hall–Kier alpha value is -2.25. The molecule has 30 heavy (non-hydrogen) atoms. The highest BCUT2D eigenvalue weighted by molar-refractivity contribution is 7.92. The van der Waals surface area contributed by atoms with Crippen LogP contribution in [0.4, 0.5) is 5.69 Å². The zero-order valence-corrected chi connectivity index (χ0v) is 19.0. The molecule has 2 aromatic carbocycles. The van der Waals surface area contributed by atoms with Gasteiger partial charge < -0.3 is 10.1 Å². The van der Waals surface area contributed by atoms with Crippen LogP contribution in [0.2, 0.25) is 5.02 Å². The number of nitrogens with zero attached hydrogens (tertiary/aromatic N) is 1. The maximum absolute atomic E-state index is 12.7. The summed E-state index contributed by atoms with van der Waals surface area (Å²) in [7, 11) is -2.21. The third-order valence-electron chi connectivity index (χ3n) is 5.36. The summed E-state index contributed by atoms with van der Waals surface area (Å²) < 4.78 is 30.8. The number of anilines is 1. The lowest BCUT2D eigenvalue weighted by Gasteiger charge is -2.24. The van der Waals surface area contributed by atoms with E-state index in [1.807, 2.05) is 13.0 Å². The molecule has 0 saturated carbocycles. The van der Waals surface area contributed by atoms with Gasteiger partial charge in [-0.15, -0.1) is 0 Å². The first kappa shape index (κ1) is 22.4. The first-order chi connectivity index (χ1) is 14.2. The molecular formula is C22H27ClN2O4S. The molecule has 1 aliphatic rings. The Labute approximate surface area is 183 Å². The van der Waals surface area contributed by atoms with Crippen molar-refractivity contribution in [3.63, 3.8) is 0 Å². The van der Waals surface area contributed by atoms with Gasteiger partial charge in [0.05, 0.1) is 30.1 Å². The number of carbonyl (C=O) groups excluding carboxylic acids is 1. The fourth-order valence-corrected chi connectivity index (χ4v) is 4.83. The first-order valence-corrected chi connectivity index (χ1v) is 12.1. The predicted octanol–water partition coefficient (Wildman–Crippen LogP) is 3.87. The Morgan fingerprint density at radius 3 is 2.50 bits per heavy atom. The van der Waals surface area contributed by atoms with Crippen molar-refractivity contribution in [3.05, 3.63) is 58.1 Å². The van der Waals surface area contributed by atoms with Gasteiger partial charge in [0.1, 0.15) is 12.3 Å². The number of rotatable bonds is 7. The maximum atomic E-state index is 12.7. The molecule has 0 unspecified atom stereocenters. The predicted molar refractivity (Wildman–Crippen MR) is 120 cm³/mol. The van der Waals surface area contributed by atoms with E-state index in [9.17, 15) is 13.2 Å². The minimum absolute atomic E-state index is 0.231. The Balaban J connectivity index is 1.74. The van der Waals surface area contributed by atoms with Crippen molar-refractivity contribution in [2.24, 2.45) is 0 Å². The van der Waals surface area contributed by atoms with Crippen LogP contribution < -0.4 is 14.4 Å². The minimum Gasteiger partial charge on any atom is -0.495 e. The van der Waals surface area contributed by atoms with Gasteiger partial charge in [-0.25, -0.2) is 8.42 Å². The molecule has 0 fully saturated rings. The molecule has 1 atom stereocenters. The molecule has 0 heterocycles. The molecule has 0 saturated heterocycles. The second kappa shape index (κ2) is 9.27. The molecule has 1 N–H and O–H groups in total. The largest absolute Gasteiger partial charge is 0.495 e. The Kier molecular flexibility index (Phi) is 6.93. The van der Waals surface area contributed by atoms with Crippen molar-refractivity contribution in [3.8, 4) is 5.75 Å². The van der Waals surface area contributed by atoms with E-state index in [0.29, 0.717) is 11.4 Å².